The Bertz CT molecular complexity index is 347. The normalized spacial score (nSPS) is 10.9. The fraction of sp³-hybridized carbons (Fsp3) is 1.00. The maximum absolute atomic E-state index is 9.19. The molecule has 0 aliphatic heterocycles. The van der Waals surface area contributed by atoms with Crippen molar-refractivity contribution in [2.24, 2.45) is 0 Å². The Labute approximate surface area is 107 Å². The average Bonchev–Trinajstić information content (AvgIpc) is 1.41. The van der Waals surface area contributed by atoms with Crippen LogP contribution in [0.3, 0.4) is 0 Å². The molecule has 16 heavy (non-hydrogen) atoms. The molecule has 0 aromatic rings. The van der Waals surface area contributed by atoms with Crippen molar-refractivity contribution in [2.45, 2.75) is 0 Å². The Morgan fingerprint density at radius 1 is 0.562 bits per heavy atom. The van der Waals surface area contributed by atoms with E-state index >= 15 is 0 Å². The molecule has 0 aromatic heterocycles. The van der Waals surface area contributed by atoms with Gasteiger partial charge in [-0.05, 0) is 0 Å². The third-order valence-corrected chi connectivity index (χ3v) is 0. The zero-order chi connectivity index (χ0) is 13.5. The van der Waals surface area contributed by atoms with Gasteiger partial charge in [0.25, 0.3) is 30.4 Å². The van der Waals surface area contributed by atoms with Gasteiger partial charge in [0.2, 0.25) is 0 Å². The largest absolute Gasteiger partial charge is 0.286 e. The predicted molar refractivity (Wildman–Crippen MR) is 58.2 cm³/mol. The maximum atomic E-state index is 9.19. The van der Waals surface area contributed by atoms with Crippen LogP contribution in [0.25, 0.3) is 0 Å². The molecular formula is C3H12LiO9S3. The van der Waals surface area contributed by atoms with Gasteiger partial charge < -0.3 is 0 Å². The summed E-state index contributed by atoms with van der Waals surface area (Å²) in [5.74, 6) is 0. The molecule has 0 aromatic carbocycles. The van der Waals surface area contributed by atoms with Crippen molar-refractivity contribution in [2.75, 3.05) is 18.8 Å². The van der Waals surface area contributed by atoms with Crippen molar-refractivity contribution >= 4 is 49.2 Å². The van der Waals surface area contributed by atoms with Crippen LogP contribution in [0.4, 0.5) is 0 Å². The zero-order valence-electron chi connectivity index (χ0n) is 9.02. The average molecular weight is 295 g/mol. The van der Waals surface area contributed by atoms with Crippen LogP contribution in [-0.4, -0.2) is 76.5 Å². The van der Waals surface area contributed by atoms with Crippen molar-refractivity contribution in [3.63, 3.8) is 0 Å². The molecule has 0 amide bonds. The summed E-state index contributed by atoms with van der Waals surface area (Å²) in [6.07, 6.45) is 2.15. The van der Waals surface area contributed by atoms with Crippen molar-refractivity contribution in [1.82, 2.24) is 0 Å². The van der Waals surface area contributed by atoms with Crippen LogP contribution < -0.4 is 0 Å². The first-order valence-corrected chi connectivity index (χ1v) is 8.32. The van der Waals surface area contributed by atoms with Crippen LogP contribution in [0.15, 0.2) is 0 Å². The molecule has 0 rings (SSSR count). The van der Waals surface area contributed by atoms with Gasteiger partial charge in [0.05, 0.1) is 18.8 Å². The van der Waals surface area contributed by atoms with E-state index in [2.05, 4.69) is 0 Å². The van der Waals surface area contributed by atoms with Gasteiger partial charge in [-0.25, -0.2) is 0 Å². The Morgan fingerprint density at radius 3 is 0.562 bits per heavy atom. The Balaban J connectivity index is -0.0000000655. The zero-order valence-corrected chi connectivity index (χ0v) is 11.5. The minimum Gasteiger partial charge on any atom is -0.286 e. The van der Waals surface area contributed by atoms with E-state index in [0.29, 0.717) is 18.8 Å². The molecule has 0 aliphatic carbocycles. The molecule has 0 saturated heterocycles. The molecule has 0 saturated carbocycles. The number of rotatable bonds is 0. The van der Waals surface area contributed by atoms with Gasteiger partial charge in [0, 0.05) is 18.9 Å². The minimum atomic E-state index is -3.67. The molecule has 9 nitrogen and oxygen atoms in total. The van der Waals surface area contributed by atoms with Crippen molar-refractivity contribution in [3.8, 4) is 0 Å². The summed E-state index contributed by atoms with van der Waals surface area (Å²) >= 11 is 0. The molecule has 0 atom stereocenters. The maximum Gasteiger partial charge on any atom is 0.261 e. The second-order valence-electron chi connectivity index (χ2n) is 2.20. The number of hydrogen-bond acceptors (Lipinski definition) is 6. The fourth-order valence-corrected chi connectivity index (χ4v) is 0. The van der Waals surface area contributed by atoms with Gasteiger partial charge >= 0.3 is 0 Å². The van der Waals surface area contributed by atoms with Gasteiger partial charge in [-0.3, -0.25) is 13.7 Å². The Kier molecular flexibility index (Phi) is 14.8. The van der Waals surface area contributed by atoms with E-state index in [9.17, 15) is 25.3 Å². The molecule has 0 unspecified atom stereocenters. The molecule has 3 N–H and O–H groups in total. The van der Waals surface area contributed by atoms with Crippen LogP contribution in [0.1, 0.15) is 0 Å². The van der Waals surface area contributed by atoms with Crippen LogP contribution in [0, 0.1) is 0 Å². The molecule has 0 spiro atoms. The van der Waals surface area contributed by atoms with Gasteiger partial charge in [-0.2, -0.15) is 25.3 Å². The van der Waals surface area contributed by atoms with Crippen LogP contribution >= 0.6 is 0 Å². The molecule has 97 valence electrons. The van der Waals surface area contributed by atoms with Crippen LogP contribution in [0.5, 0.6) is 0 Å². The first kappa shape index (κ1) is 25.2. The molecule has 1 radical (unpaired) electrons. The summed E-state index contributed by atoms with van der Waals surface area (Å²) in [5.41, 5.74) is 0. The Hall–Kier alpha value is 0.327. The third kappa shape index (κ3) is 23700. The van der Waals surface area contributed by atoms with Crippen LogP contribution in [0.2, 0.25) is 0 Å². The van der Waals surface area contributed by atoms with Crippen LogP contribution in [-0.2, 0) is 30.4 Å². The second-order valence-corrected chi connectivity index (χ2v) is 6.60. The van der Waals surface area contributed by atoms with E-state index in [-0.39, 0.29) is 18.9 Å². The van der Waals surface area contributed by atoms with Gasteiger partial charge in [0.1, 0.15) is 0 Å². The summed E-state index contributed by atoms with van der Waals surface area (Å²) < 4.78 is 77.6. The van der Waals surface area contributed by atoms with E-state index in [4.69, 9.17) is 13.7 Å². The van der Waals surface area contributed by atoms with Crippen molar-refractivity contribution < 1.29 is 38.9 Å². The van der Waals surface area contributed by atoms with Crippen molar-refractivity contribution in [3.05, 3.63) is 0 Å². The monoisotopic (exact) mass is 295 g/mol. The quantitative estimate of drug-likeness (QED) is 0.343. The molecule has 0 heterocycles. The smallest absolute Gasteiger partial charge is 0.261 e. The first-order chi connectivity index (χ1) is 6.00. The summed E-state index contributed by atoms with van der Waals surface area (Å²) in [4.78, 5) is 0. The van der Waals surface area contributed by atoms with E-state index in [1.807, 2.05) is 0 Å². The summed E-state index contributed by atoms with van der Waals surface area (Å²) in [6, 6.07) is 0. The first-order valence-electron chi connectivity index (χ1n) is 2.77. The third-order valence-electron chi connectivity index (χ3n) is 0. The summed E-state index contributed by atoms with van der Waals surface area (Å²) in [6.45, 7) is 0. The van der Waals surface area contributed by atoms with E-state index < -0.39 is 30.4 Å². The second kappa shape index (κ2) is 9.37. The SMILES string of the molecule is CS(=O)(=O)O.CS(=O)(=O)O.CS(=O)(=O)O.[Li]. The standard InChI is InChI=1S/3CH4O3S.Li/c3*1-5(2,3)4;/h3*1H3,(H,2,3,4);. The van der Waals surface area contributed by atoms with Gasteiger partial charge in [-0.15, -0.1) is 0 Å². The van der Waals surface area contributed by atoms with Gasteiger partial charge in [-0.1, -0.05) is 0 Å². The van der Waals surface area contributed by atoms with E-state index in [0.717, 1.165) is 0 Å². The minimum absolute atomic E-state index is 0. The predicted octanol–water partition coefficient (Wildman–Crippen LogP) is -1.87. The van der Waals surface area contributed by atoms with E-state index in [1.54, 1.807) is 0 Å². The summed E-state index contributed by atoms with van der Waals surface area (Å²) in [7, 11) is -11.0. The van der Waals surface area contributed by atoms with Gasteiger partial charge in [0.15, 0.2) is 0 Å². The van der Waals surface area contributed by atoms with E-state index in [1.165, 1.54) is 0 Å². The fourth-order valence-electron chi connectivity index (χ4n) is 0. The molecular weight excluding hydrogens is 283 g/mol. The molecule has 13 heteroatoms. The molecule has 0 bridgehead atoms. The summed E-state index contributed by atoms with van der Waals surface area (Å²) in [5, 5.41) is 0. The molecule has 0 aliphatic rings. The van der Waals surface area contributed by atoms with Crippen molar-refractivity contribution in [1.29, 1.82) is 0 Å². The topological polar surface area (TPSA) is 163 Å². The number of hydrogen-bond donors (Lipinski definition) is 3. The Morgan fingerprint density at radius 2 is 0.562 bits per heavy atom. The molecule has 0 fully saturated rings.